The van der Waals surface area contributed by atoms with E-state index in [9.17, 15) is 4.79 Å². The molecule has 0 aliphatic carbocycles. The molecular weight excluding hydrogens is 246 g/mol. The van der Waals surface area contributed by atoms with Crippen molar-refractivity contribution in [3.05, 3.63) is 30.0 Å². The molecule has 0 aliphatic rings. The Kier molecular flexibility index (Phi) is 3.91. The van der Waals surface area contributed by atoms with Crippen LogP contribution in [0.3, 0.4) is 0 Å². The summed E-state index contributed by atoms with van der Waals surface area (Å²) in [5.41, 5.74) is 0.463. The Bertz CT molecular complexity index is 599. The minimum Gasteiger partial charge on any atom is -0.489 e. The molecule has 100 valence electrons. The SMILES string of the molecule is CN(C)CCOc1c(C(=O)O)nnc2ccccc12. The average Bonchev–Trinajstić information content (AvgIpc) is 2.38. The van der Waals surface area contributed by atoms with Crippen molar-refractivity contribution in [3.63, 3.8) is 0 Å². The van der Waals surface area contributed by atoms with Crippen LogP contribution >= 0.6 is 0 Å². The highest BCUT2D eigenvalue weighted by molar-refractivity contribution is 5.96. The van der Waals surface area contributed by atoms with E-state index in [1.54, 1.807) is 12.1 Å². The van der Waals surface area contributed by atoms with Crippen molar-refractivity contribution in [3.8, 4) is 5.75 Å². The summed E-state index contributed by atoms with van der Waals surface area (Å²) >= 11 is 0. The Morgan fingerprint density at radius 2 is 2.05 bits per heavy atom. The molecule has 0 unspecified atom stereocenters. The third-order valence-corrected chi connectivity index (χ3v) is 2.61. The van der Waals surface area contributed by atoms with E-state index in [0.717, 1.165) is 0 Å². The monoisotopic (exact) mass is 261 g/mol. The third kappa shape index (κ3) is 2.97. The zero-order chi connectivity index (χ0) is 13.8. The molecule has 19 heavy (non-hydrogen) atoms. The van der Waals surface area contributed by atoms with Gasteiger partial charge in [-0.2, -0.15) is 0 Å². The molecule has 0 bridgehead atoms. The fourth-order valence-corrected chi connectivity index (χ4v) is 1.65. The highest BCUT2D eigenvalue weighted by Crippen LogP contribution is 2.26. The first kappa shape index (κ1) is 13.2. The van der Waals surface area contributed by atoms with Crippen molar-refractivity contribution in [1.29, 1.82) is 0 Å². The number of aromatic nitrogens is 2. The number of fused-ring (bicyclic) bond motifs is 1. The van der Waals surface area contributed by atoms with Gasteiger partial charge in [-0.1, -0.05) is 12.1 Å². The molecule has 0 atom stereocenters. The largest absolute Gasteiger partial charge is 0.489 e. The van der Waals surface area contributed by atoms with Crippen LogP contribution in [0.1, 0.15) is 10.5 Å². The van der Waals surface area contributed by atoms with E-state index >= 15 is 0 Å². The second kappa shape index (κ2) is 5.62. The van der Waals surface area contributed by atoms with Crippen molar-refractivity contribution in [2.75, 3.05) is 27.2 Å². The number of benzene rings is 1. The predicted molar refractivity (Wildman–Crippen MR) is 70.5 cm³/mol. The average molecular weight is 261 g/mol. The first-order valence-electron chi connectivity index (χ1n) is 5.86. The molecule has 1 heterocycles. The van der Waals surface area contributed by atoms with Gasteiger partial charge in [0, 0.05) is 11.9 Å². The van der Waals surface area contributed by atoms with Crippen LogP contribution in [0.15, 0.2) is 24.3 Å². The van der Waals surface area contributed by atoms with Gasteiger partial charge in [0.2, 0.25) is 5.69 Å². The smallest absolute Gasteiger partial charge is 0.360 e. The van der Waals surface area contributed by atoms with Gasteiger partial charge >= 0.3 is 5.97 Å². The molecule has 1 N–H and O–H groups in total. The van der Waals surface area contributed by atoms with Gasteiger partial charge < -0.3 is 14.7 Å². The number of hydrogen-bond acceptors (Lipinski definition) is 5. The molecule has 0 spiro atoms. The molecule has 2 aromatic rings. The normalized spacial score (nSPS) is 10.9. The first-order chi connectivity index (χ1) is 9.09. The summed E-state index contributed by atoms with van der Waals surface area (Å²) in [6.07, 6.45) is 0. The van der Waals surface area contributed by atoms with E-state index < -0.39 is 5.97 Å². The maximum atomic E-state index is 11.2. The second-order valence-corrected chi connectivity index (χ2v) is 4.35. The summed E-state index contributed by atoms with van der Waals surface area (Å²) < 4.78 is 5.60. The molecule has 0 saturated carbocycles. The lowest BCUT2D eigenvalue weighted by Crippen LogP contribution is -2.20. The minimum atomic E-state index is -1.14. The van der Waals surface area contributed by atoms with Crippen molar-refractivity contribution in [1.82, 2.24) is 15.1 Å². The second-order valence-electron chi connectivity index (χ2n) is 4.35. The zero-order valence-electron chi connectivity index (χ0n) is 10.8. The minimum absolute atomic E-state index is 0.155. The molecule has 0 aliphatic heterocycles. The van der Waals surface area contributed by atoms with E-state index in [1.807, 2.05) is 31.1 Å². The highest BCUT2D eigenvalue weighted by atomic mass is 16.5. The Morgan fingerprint density at radius 1 is 1.32 bits per heavy atom. The molecule has 0 saturated heterocycles. The van der Waals surface area contributed by atoms with Crippen molar-refractivity contribution in [2.24, 2.45) is 0 Å². The van der Waals surface area contributed by atoms with Gasteiger partial charge in [-0.15, -0.1) is 10.2 Å². The molecule has 1 aromatic carbocycles. The molecule has 0 fully saturated rings. The van der Waals surface area contributed by atoms with Crippen molar-refractivity contribution >= 4 is 16.9 Å². The molecule has 6 heteroatoms. The van der Waals surface area contributed by atoms with Gasteiger partial charge in [0.15, 0.2) is 5.75 Å². The predicted octanol–water partition coefficient (Wildman–Crippen LogP) is 1.27. The number of rotatable bonds is 5. The van der Waals surface area contributed by atoms with Crippen LogP contribution < -0.4 is 4.74 Å². The number of ether oxygens (including phenoxy) is 1. The lowest BCUT2D eigenvalue weighted by atomic mass is 10.2. The molecule has 0 radical (unpaired) electrons. The maximum absolute atomic E-state index is 11.2. The highest BCUT2D eigenvalue weighted by Gasteiger charge is 2.17. The summed E-state index contributed by atoms with van der Waals surface area (Å²) in [6, 6.07) is 7.18. The van der Waals surface area contributed by atoms with Gasteiger partial charge in [-0.25, -0.2) is 4.79 Å². The van der Waals surface area contributed by atoms with Crippen LogP contribution in [-0.2, 0) is 0 Å². The Morgan fingerprint density at radius 3 is 2.74 bits per heavy atom. The summed E-state index contributed by atoms with van der Waals surface area (Å²) in [7, 11) is 3.84. The van der Waals surface area contributed by atoms with E-state index in [1.165, 1.54) is 0 Å². The van der Waals surface area contributed by atoms with E-state index in [2.05, 4.69) is 10.2 Å². The molecule has 2 rings (SSSR count). The number of carboxylic acids is 1. The van der Waals surface area contributed by atoms with Gasteiger partial charge in [-0.3, -0.25) is 0 Å². The Balaban J connectivity index is 2.41. The van der Waals surface area contributed by atoms with Crippen LogP contribution in [0, 0.1) is 0 Å². The lowest BCUT2D eigenvalue weighted by molar-refractivity contribution is 0.0684. The van der Waals surface area contributed by atoms with Crippen LogP contribution in [-0.4, -0.2) is 53.4 Å². The zero-order valence-corrected chi connectivity index (χ0v) is 10.8. The standard InChI is InChI=1S/C13H15N3O3/c1-16(2)7-8-19-12-9-5-3-4-6-10(9)14-15-11(12)13(17)18/h3-6H,7-8H2,1-2H3,(H,17,18). The quantitative estimate of drug-likeness (QED) is 0.873. The summed E-state index contributed by atoms with van der Waals surface area (Å²) in [6.45, 7) is 1.08. The summed E-state index contributed by atoms with van der Waals surface area (Å²) in [5.74, 6) is -0.863. The molecule has 1 aromatic heterocycles. The van der Waals surface area contributed by atoms with Crippen LogP contribution in [0.2, 0.25) is 0 Å². The van der Waals surface area contributed by atoms with Crippen LogP contribution in [0.5, 0.6) is 5.75 Å². The Hall–Kier alpha value is -2.21. The van der Waals surface area contributed by atoms with Crippen LogP contribution in [0.25, 0.3) is 10.9 Å². The fraction of sp³-hybridized carbons (Fsp3) is 0.308. The van der Waals surface area contributed by atoms with Crippen LogP contribution in [0.4, 0.5) is 0 Å². The first-order valence-corrected chi connectivity index (χ1v) is 5.86. The van der Waals surface area contributed by atoms with Gasteiger partial charge in [0.25, 0.3) is 0 Å². The van der Waals surface area contributed by atoms with Crippen molar-refractivity contribution < 1.29 is 14.6 Å². The molecule has 0 amide bonds. The number of carboxylic acid groups (broad SMARTS) is 1. The maximum Gasteiger partial charge on any atom is 0.360 e. The number of nitrogens with zero attached hydrogens (tertiary/aromatic N) is 3. The van der Waals surface area contributed by atoms with E-state index in [4.69, 9.17) is 9.84 Å². The topological polar surface area (TPSA) is 75.5 Å². The Labute approximate surface area is 110 Å². The number of hydrogen-bond donors (Lipinski definition) is 1. The summed E-state index contributed by atoms with van der Waals surface area (Å²) in [4.78, 5) is 13.1. The number of carbonyl (C=O) groups is 1. The molecule has 6 nitrogen and oxygen atoms in total. The number of aromatic carboxylic acids is 1. The van der Waals surface area contributed by atoms with E-state index in [-0.39, 0.29) is 11.4 Å². The van der Waals surface area contributed by atoms with Gasteiger partial charge in [0.05, 0.1) is 5.52 Å². The van der Waals surface area contributed by atoms with Gasteiger partial charge in [0.1, 0.15) is 6.61 Å². The fourth-order valence-electron chi connectivity index (χ4n) is 1.65. The molecular formula is C13H15N3O3. The lowest BCUT2D eigenvalue weighted by Gasteiger charge is -2.13. The number of likely N-dealkylation sites (N-methyl/N-ethyl adjacent to an activating group) is 1. The van der Waals surface area contributed by atoms with E-state index in [0.29, 0.717) is 24.1 Å². The third-order valence-electron chi connectivity index (χ3n) is 2.61. The summed E-state index contributed by atoms with van der Waals surface area (Å²) in [5, 5.41) is 17.4. The van der Waals surface area contributed by atoms with Crippen molar-refractivity contribution in [2.45, 2.75) is 0 Å². The van der Waals surface area contributed by atoms with Gasteiger partial charge in [-0.05, 0) is 26.2 Å².